The number of para-hydroxylation sites is 1. The van der Waals surface area contributed by atoms with Crippen molar-refractivity contribution in [1.82, 2.24) is 5.32 Å². The molecule has 102 valence electrons. The second-order valence-electron chi connectivity index (χ2n) is 4.18. The van der Waals surface area contributed by atoms with Gasteiger partial charge in [-0.3, -0.25) is 14.9 Å². The quantitative estimate of drug-likeness (QED) is 0.680. The van der Waals surface area contributed by atoms with Crippen LogP contribution in [0.4, 0.5) is 5.69 Å². The number of rotatable bonds is 3. The fraction of sp³-hybridized carbons (Fsp3) is 0.231. The van der Waals surface area contributed by atoms with Gasteiger partial charge in [-0.25, -0.2) is 0 Å². The largest absolute Gasteiger partial charge is 0.320 e. The van der Waals surface area contributed by atoms with Crippen molar-refractivity contribution in [2.45, 2.75) is 12.3 Å². The number of thioether (sulfide) groups is 1. The Hall–Kier alpha value is -2.33. The van der Waals surface area contributed by atoms with Gasteiger partial charge in [0.05, 0.1) is 21.6 Å². The van der Waals surface area contributed by atoms with E-state index in [9.17, 15) is 20.2 Å². The molecule has 1 amide bonds. The van der Waals surface area contributed by atoms with E-state index in [0.29, 0.717) is 16.2 Å². The molecule has 1 atom stereocenters. The number of nitrogens with one attached hydrogen (secondary N) is 1. The summed E-state index contributed by atoms with van der Waals surface area (Å²) < 4.78 is 0. The van der Waals surface area contributed by atoms with Crippen LogP contribution in [0.15, 0.2) is 34.9 Å². The lowest BCUT2D eigenvalue weighted by Gasteiger charge is -2.24. The molecule has 0 fully saturated rings. The monoisotopic (exact) mass is 289 g/mol. The molecule has 0 spiro atoms. The molecule has 0 radical (unpaired) electrons. The van der Waals surface area contributed by atoms with Crippen molar-refractivity contribution < 1.29 is 9.72 Å². The minimum Gasteiger partial charge on any atom is -0.320 e. The van der Waals surface area contributed by atoms with E-state index in [0.717, 1.165) is 0 Å². The van der Waals surface area contributed by atoms with Crippen LogP contribution in [0.3, 0.4) is 0 Å². The van der Waals surface area contributed by atoms with Crippen LogP contribution < -0.4 is 5.32 Å². The number of hydrogen-bond acceptors (Lipinski definition) is 5. The van der Waals surface area contributed by atoms with Gasteiger partial charge in [-0.2, -0.15) is 5.26 Å². The van der Waals surface area contributed by atoms with Gasteiger partial charge in [0.25, 0.3) is 5.69 Å². The summed E-state index contributed by atoms with van der Waals surface area (Å²) in [6, 6.07) is 8.27. The van der Waals surface area contributed by atoms with E-state index >= 15 is 0 Å². The van der Waals surface area contributed by atoms with E-state index < -0.39 is 10.8 Å². The maximum absolute atomic E-state index is 11.7. The number of carbonyl (C=O) groups is 1. The topological polar surface area (TPSA) is 96.0 Å². The maximum Gasteiger partial charge on any atom is 0.273 e. The van der Waals surface area contributed by atoms with Gasteiger partial charge in [0, 0.05) is 24.0 Å². The fourth-order valence-corrected chi connectivity index (χ4v) is 2.82. The molecule has 1 aromatic rings. The first-order valence-electron chi connectivity index (χ1n) is 5.80. The van der Waals surface area contributed by atoms with Crippen molar-refractivity contribution in [2.75, 3.05) is 6.26 Å². The van der Waals surface area contributed by atoms with E-state index in [1.807, 2.05) is 0 Å². The molecule has 0 aromatic heterocycles. The minimum absolute atomic E-state index is 0.0395. The van der Waals surface area contributed by atoms with Gasteiger partial charge in [-0.1, -0.05) is 18.2 Å². The van der Waals surface area contributed by atoms with Crippen molar-refractivity contribution in [1.29, 1.82) is 5.26 Å². The first kappa shape index (κ1) is 14.1. The minimum atomic E-state index is -0.571. The molecule has 1 aliphatic rings. The first-order chi connectivity index (χ1) is 9.58. The number of benzene rings is 1. The van der Waals surface area contributed by atoms with Gasteiger partial charge in [-0.15, -0.1) is 11.8 Å². The van der Waals surface area contributed by atoms with E-state index in [1.165, 1.54) is 17.8 Å². The Kier molecular flexibility index (Phi) is 4.05. The summed E-state index contributed by atoms with van der Waals surface area (Å²) in [5.41, 5.74) is 0.697. The van der Waals surface area contributed by atoms with Gasteiger partial charge < -0.3 is 5.32 Å². The molecule has 0 saturated heterocycles. The van der Waals surface area contributed by atoms with Crippen LogP contribution in [0, 0.1) is 21.4 Å². The van der Waals surface area contributed by atoms with Gasteiger partial charge in [0.1, 0.15) is 0 Å². The van der Waals surface area contributed by atoms with Crippen LogP contribution in [0.2, 0.25) is 0 Å². The summed E-state index contributed by atoms with van der Waals surface area (Å²) in [4.78, 5) is 22.3. The van der Waals surface area contributed by atoms with E-state index in [4.69, 9.17) is 0 Å². The van der Waals surface area contributed by atoms with Crippen LogP contribution in [-0.2, 0) is 4.79 Å². The Bertz CT molecular complexity index is 649. The second kappa shape index (κ2) is 5.75. The van der Waals surface area contributed by atoms with Gasteiger partial charge in [-0.05, 0) is 6.26 Å². The highest BCUT2D eigenvalue weighted by molar-refractivity contribution is 8.02. The number of carbonyl (C=O) groups excluding carboxylic acids is 1. The molecule has 0 bridgehead atoms. The Balaban J connectivity index is 2.59. The summed E-state index contributed by atoms with van der Waals surface area (Å²) in [5, 5.41) is 23.5. The van der Waals surface area contributed by atoms with Crippen molar-refractivity contribution >= 4 is 23.4 Å². The molecule has 1 aliphatic heterocycles. The third-order valence-electron chi connectivity index (χ3n) is 3.07. The van der Waals surface area contributed by atoms with Crippen molar-refractivity contribution in [3.63, 3.8) is 0 Å². The van der Waals surface area contributed by atoms with Crippen LogP contribution in [0.1, 0.15) is 17.9 Å². The van der Waals surface area contributed by atoms with E-state index in [-0.39, 0.29) is 18.0 Å². The molecule has 0 aliphatic carbocycles. The molecule has 6 nitrogen and oxygen atoms in total. The summed E-state index contributed by atoms with van der Waals surface area (Å²) in [6.45, 7) is 0. The number of nitrogens with zero attached hydrogens (tertiary/aromatic N) is 2. The fourth-order valence-electron chi connectivity index (χ4n) is 2.19. The number of allylic oxidation sites excluding steroid dienone is 1. The Morgan fingerprint density at radius 2 is 2.20 bits per heavy atom. The Morgan fingerprint density at radius 1 is 1.50 bits per heavy atom. The lowest BCUT2D eigenvalue weighted by atomic mass is 9.86. The standard InChI is InChI=1S/C13H11N3O3S/c1-20-13-10(7-14)9(6-12(17)15-13)8-4-2-3-5-11(8)16(18)19/h2-5,9H,6H2,1H3,(H,15,17)/t9-/m0/s1. The molecule has 0 saturated carbocycles. The maximum atomic E-state index is 11.7. The number of hydrogen-bond donors (Lipinski definition) is 1. The lowest BCUT2D eigenvalue weighted by molar-refractivity contribution is -0.385. The average Bonchev–Trinajstić information content (AvgIpc) is 2.46. The zero-order valence-corrected chi connectivity index (χ0v) is 11.4. The van der Waals surface area contributed by atoms with Gasteiger partial charge >= 0.3 is 0 Å². The number of nitro groups is 1. The summed E-state index contributed by atoms with van der Waals surface area (Å²) in [7, 11) is 0. The molecule has 1 aromatic carbocycles. The predicted molar refractivity (Wildman–Crippen MR) is 74.8 cm³/mol. The van der Waals surface area contributed by atoms with Gasteiger partial charge in [0.2, 0.25) is 5.91 Å². The molecular weight excluding hydrogens is 278 g/mol. The van der Waals surface area contributed by atoms with Crippen LogP contribution in [-0.4, -0.2) is 17.1 Å². The zero-order chi connectivity index (χ0) is 14.7. The van der Waals surface area contributed by atoms with Crippen molar-refractivity contribution in [3.05, 3.63) is 50.5 Å². The normalized spacial score (nSPS) is 18.4. The molecule has 7 heteroatoms. The van der Waals surface area contributed by atoms with Crippen LogP contribution in [0.25, 0.3) is 0 Å². The van der Waals surface area contributed by atoms with Crippen molar-refractivity contribution in [3.8, 4) is 6.07 Å². The zero-order valence-electron chi connectivity index (χ0n) is 10.6. The molecule has 0 unspecified atom stereocenters. The van der Waals surface area contributed by atoms with E-state index in [1.54, 1.807) is 24.5 Å². The Morgan fingerprint density at radius 3 is 2.80 bits per heavy atom. The smallest absolute Gasteiger partial charge is 0.273 e. The Labute approximate surface area is 119 Å². The van der Waals surface area contributed by atoms with Crippen LogP contribution >= 0.6 is 11.8 Å². The highest BCUT2D eigenvalue weighted by Gasteiger charge is 2.32. The lowest BCUT2D eigenvalue weighted by Crippen LogP contribution is -2.30. The van der Waals surface area contributed by atoms with Gasteiger partial charge in [0.15, 0.2) is 0 Å². The summed E-state index contributed by atoms with van der Waals surface area (Å²) in [5.74, 6) is -0.811. The highest BCUT2D eigenvalue weighted by atomic mass is 32.2. The molecule has 2 rings (SSSR count). The second-order valence-corrected chi connectivity index (χ2v) is 5.00. The molecule has 1 heterocycles. The predicted octanol–water partition coefficient (Wildman–Crippen LogP) is 2.30. The molecular formula is C13H11N3O3S. The number of nitro benzene ring substituents is 1. The van der Waals surface area contributed by atoms with E-state index in [2.05, 4.69) is 11.4 Å². The summed E-state index contributed by atoms with van der Waals surface area (Å²) in [6.07, 6.45) is 1.78. The third kappa shape index (κ3) is 2.51. The molecule has 20 heavy (non-hydrogen) atoms. The summed E-state index contributed by atoms with van der Waals surface area (Å²) >= 11 is 1.25. The average molecular weight is 289 g/mol. The van der Waals surface area contributed by atoms with Crippen molar-refractivity contribution in [2.24, 2.45) is 0 Å². The SMILES string of the molecule is CSC1=C(C#N)[C@H](c2ccccc2[N+](=O)[O-])CC(=O)N1. The number of nitriles is 1. The van der Waals surface area contributed by atoms with Crippen LogP contribution in [0.5, 0.6) is 0 Å². The highest BCUT2D eigenvalue weighted by Crippen LogP contribution is 2.38. The number of amides is 1. The molecule has 1 N–H and O–H groups in total. The first-order valence-corrected chi connectivity index (χ1v) is 7.02. The third-order valence-corrected chi connectivity index (χ3v) is 3.80.